The molecule has 2 aromatic heterocycles. The highest BCUT2D eigenvalue weighted by Gasteiger charge is 2.18. The SMILES string of the molecule is CC(NC(=O)O)c1nc2cccn2c(=O)n1Cc1ccccc1. The number of amides is 1. The Bertz CT molecular complexity index is 899. The number of hydrogen-bond donors (Lipinski definition) is 2. The molecule has 0 aliphatic carbocycles. The van der Waals surface area contributed by atoms with Crippen LogP contribution < -0.4 is 11.0 Å². The second-order valence-electron chi connectivity index (χ2n) is 5.23. The minimum absolute atomic E-state index is 0.252. The number of nitrogens with one attached hydrogen (secondary N) is 1. The zero-order valence-corrected chi connectivity index (χ0v) is 12.5. The summed E-state index contributed by atoms with van der Waals surface area (Å²) in [6.07, 6.45) is 0.485. The Labute approximate surface area is 131 Å². The number of rotatable bonds is 4. The van der Waals surface area contributed by atoms with Gasteiger partial charge in [0.15, 0.2) is 0 Å². The van der Waals surface area contributed by atoms with Crippen molar-refractivity contribution in [3.8, 4) is 0 Å². The summed E-state index contributed by atoms with van der Waals surface area (Å²) >= 11 is 0. The summed E-state index contributed by atoms with van der Waals surface area (Å²) in [5, 5.41) is 11.3. The minimum atomic E-state index is -1.16. The van der Waals surface area contributed by atoms with E-state index in [2.05, 4.69) is 10.3 Å². The molecule has 2 N–H and O–H groups in total. The third-order valence-electron chi connectivity index (χ3n) is 3.58. The summed E-state index contributed by atoms with van der Waals surface area (Å²) in [5.74, 6) is 0.382. The van der Waals surface area contributed by atoms with Crippen LogP contribution in [0.2, 0.25) is 0 Å². The maximum absolute atomic E-state index is 12.7. The zero-order chi connectivity index (χ0) is 16.4. The molecule has 0 radical (unpaired) electrons. The summed E-state index contributed by atoms with van der Waals surface area (Å²) in [6, 6.07) is 12.3. The lowest BCUT2D eigenvalue weighted by molar-refractivity contribution is 0.190. The fourth-order valence-electron chi connectivity index (χ4n) is 2.53. The molecule has 1 unspecified atom stereocenters. The lowest BCUT2D eigenvalue weighted by Gasteiger charge is -2.18. The Balaban J connectivity index is 2.14. The van der Waals surface area contributed by atoms with Crippen molar-refractivity contribution < 1.29 is 9.90 Å². The molecule has 7 nitrogen and oxygen atoms in total. The third kappa shape index (κ3) is 2.94. The molecule has 0 saturated carbocycles. The first kappa shape index (κ1) is 14.8. The molecule has 7 heteroatoms. The van der Waals surface area contributed by atoms with Crippen molar-refractivity contribution in [1.82, 2.24) is 19.3 Å². The number of carbonyl (C=O) groups is 1. The van der Waals surface area contributed by atoms with E-state index in [4.69, 9.17) is 5.11 Å². The summed E-state index contributed by atoms with van der Waals surface area (Å²) in [7, 11) is 0. The van der Waals surface area contributed by atoms with Gasteiger partial charge in [0.05, 0.1) is 12.6 Å². The van der Waals surface area contributed by atoms with Gasteiger partial charge in [0.2, 0.25) is 0 Å². The number of benzene rings is 1. The minimum Gasteiger partial charge on any atom is -0.465 e. The van der Waals surface area contributed by atoms with E-state index >= 15 is 0 Å². The number of nitrogens with zero attached hydrogens (tertiary/aromatic N) is 3. The van der Waals surface area contributed by atoms with Crippen molar-refractivity contribution in [2.45, 2.75) is 19.5 Å². The number of aromatic nitrogens is 3. The van der Waals surface area contributed by atoms with Gasteiger partial charge >= 0.3 is 11.8 Å². The highest BCUT2D eigenvalue weighted by Crippen LogP contribution is 2.12. The van der Waals surface area contributed by atoms with Crippen LogP contribution in [0.4, 0.5) is 4.79 Å². The van der Waals surface area contributed by atoms with Crippen molar-refractivity contribution in [3.05, 3.63) is 70.5 Å². The lowest BCUT2D eigenvalue weighted by Crippen LogP contribution is -2.35. The maximum atomic E-state index is 12.7. The highest BCUT2D eigenvalue weighted by molar-refractivity contribution is 5.65. The van der Waals surface area contributed by atoms with Crippen molar-refractivity contribution in [1.29, 1.82) is 0 Å². The second-order valence-corrected chi connectivity index (χ2v) is 5.23. The van der Waals surface area contributed by atoms with Crippen LogP contribution in [0.3, 0.4) is 0 Å². The van der Waals surface area contributed by atoms with Crippen LogP contribution in [0.5, 0.6) is 0 Å². The Kier molecular flexibility index (Phi) is 3.84. The first-order valence-electron chi connectivity index (χ1n) is 7.17. The van der Waals surface area contributed by atoms with Crippen LogP contribution in [-0.4, -0.2) is 25.2 Å². The Morgan fingerprint density at radius 3 is 2.70 bits per heavy atom. The molecule has 0 saturated heterocycles. The van der Waals surface area contributed by atoms with Gasteiger partial charge in [0.25, 0.3) is 0 Å². The predicted octanol–water partition coefficient (Wildman–Crippen LogP) is 1.87. The smallest absolute Gasteiger partial charge is 0.405 e. The van der Waals surface area contributed by atoms with Gasteiger partial charge in [-0.05, 0) is 24.6 Å². The van der Waals surface area contributed by atoms with Crippen molar-refractivity contribution >= 4 is 11.7 Å². The molecule has 1 amide bonds. The Hall–Kier alpha value is -3.09. The van der Waals surface area contributed by atoms with Gasteiger partial charge in [-0.15, -0.1) is 0 Å². The molecule has 3 aromatic rings. The fraction of sp³-hybridized carbons (Fsp3) is 0.188. The van der Waals surface area contributed by atoms with E-state index in [1.807, 2.05) is 30.3 Å². The van der Waals surface area contributed by atoms with E-state index < -0.39 is 12.1 Å². The predicted molar refractivity (Wildman–Crippen MR) is 84.6 cm³/mol. The largest absolute Gasteiger partial charge is 0.465 e. The van der Waals surface area contributed by atoms with Crippen molar-refractivity contribution in [3.63, 3.8) is 0 Å². The van der Waals surface area contributed by atoms with Crippen LogP contribution >= 0.6 is 0 Å². The summed E-state index contributed by atoms with van der Waals surface area (Å²) < 4.78 is 2.93. The molecule has 0 spiro atoms. The van der Waals surface area contributed by atoms with Gasteiger partial charge in [0, 0.05) is 6.20 Å². The van der Waals surface area contributed by atoms with Crippen LogP contribution in [0, 0.1) is 0 Å². The molecular formula is C16H16N4O3. The summed E-state index contributed by atoms with van der Waals surface area (Å²) in [4.78, 5) is 28.1. The number of carboxylic acid groups (broad SMARTS) is 1. The molecule has 23 heavy (non-hydrogen) atoms. The van der Waals surface area contributed by atoms with E-state index in [1.165, 1.54) is 8.97 Å². The average molecular weight is 312 g/mol. The van der Waals surface area contributed by atoms with Crippen LogP contribution in [0.15, 0.2) is 53.5 Å². The van der Waals surface area contributed by atoms with Crippen LogP contribution in [0.25, 0.3) is 5.65 Å². The molecule has 118 valence electrons. The lowest BCUT2D eigenvalue weighted by atomic mass is 10.2. The summed E-state index contributed by atoms with van der Waals surface area (Å²) in [5.41, 5.74) is 1.18. The van der Waals surface area contributed by atoms with Gasteiger partial charge in [-0.2, -0.15) is 0 Å². The van der Waals surface area contributed by atoms with Gasteiger partial charge in [-0.25, -0.2) is 14.6 Å². The van der Waals surface area contributed by atoms with E-state index in [-0.39, 0.29) is 5.69 Å². The molecule has 0 bridgehead atoms. The third-order valence-corrected chi connectivity index (χ3v) is 3.58. The van der Waals surface area contributed by atoms with Gasteiger partial charge in [-0.3, -0.25) is 8.97 Å². The normalized spacial score (nSPS) is 12.2. The molecule has 2 heterocycles. The first-order valence-corrected chi connectivity index (χ1v) is 7.17. The highest BCUT2D eigenvalue weighted by atomic mass is 16.4. The average Bonchev–Trinajstić information content (AvgIpc) is 2.99. The molecule has 1 atom stereocenters. The molecule has 0 aliphatic rings. The standard InChI is InChI=1S/C16H16N4O3/c1-11(17-15(21)22)14-18-13-8-5-9-19(13)16(23)20(14)10-12-6-3-2-4-7-12/h2-9,11,17H,10H2,1H3,(H,21,22). The van der Waals surface area contributed by atoms with E-state index in [1.54, 1.807) is 25.3 Å². The molecule has 3 rings (SSSR count). The van der Waals surface area contributed by atoms with E-state index in [0.29, 0.717) is 18.0 Å². The van der Waals surface area contributed by atoms with Gasteiger partial charge in [0.1, 0.15) is 11.5 Å². The molecule has 1 aromatic carbocycles. The quantitative estimate of drug-likeness (QED) is 0.770. The molecular weight excluding hydrogens is 296 g/mol. The Morgan fingerprint density at radius 2 is 2.00 bits per heavy atom. The van der Waals surface area contributed by atoms with Crippen LogP contribution in [0.1, 0.15) is 24.4 Å². The van der Waals surface area contributed by atoms with Gasteiger partial charge < -0.3 is 10.4 Å². The second kappa shape index (κ2) is 5.96. The molecule has 0 fully saturated rings. The topological polar surface area (TPSA) is 88.6 Å². The monoisotopic (exact) mass is 312 g/mol. The zero-order valence-electron chi connectivity index (χ0n) is 12.5. The van der Waals surface area contributed by atoms with Gasteiger partial charge in [-0.1, -0.05) is 30.3 Å². The summed E-state index contributed by atoms with van der Waals surface area (Å²) in [6.45, 7) is 1.98. The van der Waals surface area contributed by atoms with E-state index in [0.717, 1.165) is 5.56 Å². The Morgan fingerprint density at radius 1 is 1.26 bits per heavy atom. The van der Waals surface area contributed by atoms with E-state index in [9.17, 15) is 9.59 Å². The first-order chi connectivity index (χ1) is 11.1. The number of hydrogen-bond acceptors (Lipinski definition) is 3. The van der Waals surface area contributed by atoms with Crippen molar-refractivity contribution in [2.24, 2.45) is 0 Å². The number of fused-ring (bicyclic) bond motifs is 1. The fourth-order valence-corrected chi connectivity index (χ4v) is 2.53. The maximum Gasteiger partial charge on any atom is 0.405 e. The van der Waals surface area contributed by atoms with Crippen molar-refractivity contribution in [2.75, 3.05) is 0 Å². The molecule has 0 aliphatic heterocycles. The van der Waals surface area contributed by atoms with Crippen LogP contribution in [-0.2, 0) is 6.54 Å².